The number of anilines is 1. The van der Waals surface area contributed by atoms with Gasteiger partial charge in [-0.3, -0.25) is 9.59 Å². The zero-order chi connectivity index (χ0) is 19.9. The van der Waals surface area contributed by atoms with Gasteiger partial charge in [0.1, 0.15) is 11.9 Å². The van der Waals surface area contributed by atoms with E-state index in [1.807, 2.05) is 30.3 Å². The molecule has 0 bridgehead atoms. The summed E-state index contributed by atoms with van der Waals surface area (Å²) < 4.78 is 13.6. The Morgan fingerprint density at radius 1 is 0.893 bits per heavy atom. The molecule has 0 radical (unpaired) electrons. The second kappa shape index (κ2) is 8.81. The first-order chi connectivity index (χ1) is 13.5. The fourth-order valence-corrected chi connectivity index (χ4v) is 2.77. The molecule has 5 nitrogen and oxygen atoms in total. The van der Waals surface area contributed by atoms with E-state index < -0.39 is 11.9 Å². The van der Waals surface area contributed by atoms with E-state index in [0.717, 1.165) is 5.56 Å². The van der Waals surface area contributed by atoms with Crippen molar-refractivity contribution < 1.29 is 14.0 Å². The number of amides is 2. The maximum absolute atomic E-state index is 13.6. The van der Waals surface area contributed by atoms with E-state index in [9.17, 15) is 14.0 Å². The van der Waals surface area contributed by atoms with E-state index in [1.165, 1.54) is 6.07 Å². The Morgan fingerprint density at radius 3 is 2.18 bits per heavy atom. The molecule has 0 saturated heterocycles. The van der Waals surface area contributed by atoms with E-state index in [2.05, 4.69) is 10.6 Å². The lowest BCUT2D eigenvalue weighted by atomic mass is 10.1. The van der Waals surface area contributed by atoms with Gasteiger partial charge in [-0.25, -0.2) is 4.39 Å². The minimum absolute atomic E-state index is 0.100. The molecule has 3 aromatic rings. The molecule has 0 spiro atoms. The average molecular weight is 377 g/mol. The van der Waals surface area contributed by atoms with E-state index in [4.69, 9.17) is 5.73 Å². The van der Waals surface area contributed by atoms with Crippen LogP contribution in [-0.4, -0.2) is 11.8 Å². The van der Waals surface area contributed by atoms with Gasteiger partial charge >= 0.3 is 0 Å². The van der Waals surface area contributed by atoms with Crippen LogP contribution in [0.25, 0.3) is 0 Å². The molecular weight excluding hydrogens is 357 g/mol. The number of nitrogens with two attached hydrogens (primary N) is 1. The van der Waals surface area contributed by atoms with Crippen molar-refractivity contribution in [3.05, 3.63) is 101 Å². The first kappa shape index (κ1) is 19.1. The number of nitrogens with one attached hydrogen (secondary N) is 2. The smallest absolute Gasteiger partial charge is 0.251 e. The van der Waals surface area contributed by atoms with Crippen molar-refractivity contribution in [3.63, 3.8) is 0 Å². The maximum atomic E-state index is 13.6. The molecule has 28 heavy (non-hydrogen) atoms. The third-order valence-electron chi connectivity index (χ3n) is 4.27. The van der Waals surface area contributed by atoms with Crippen LogP contribution in [0.3, 0.4) is 0 Å². The molecule has 2 amide bonds. The Bertz CT molecular complexity index is 959. The first-order valence-corrected chi connectivity index (χ1v) is 8.77. The molecule has 0 aromatic heterocycles. The highest BCUT2D eigenvalue weighted by Crippen LogP contribution is 2.20. The first-order valence-electron chi connectivity index (χ1n) is 8.77. The lowest BCUT2D eigenvalue weighted by molar-refractivity contribution is -0.118. The summed E-state index contributed by atoms with van der Waals surface area (Å²) in [6, 6.07) is 21.4. The van der Waals surface area contributed by atoms with Gasteiger partial charge < -0.3 is 16.4 Å². The van der Waals surface area contributed by atoms with Gasteiger partial charge in [-0.2, -0.15) is 0 Å². The molecule has 6 heteroatoms. The number of carbonyl (C=O) groups excluding carboxylic acids is 2. The molecule has 0 aliphatic carbocycles. The second-order valence-corrected chi connectivity index (χ2v) is 6.24. The van der Waals surface area contributed by atoms with Crippen LogP contribution in [0.2, 0.25) is 0 Å². The zero-order valence-corrected chi connectivity index (χ0v) is 15.1. The van der Waals surface area contributed by atoms with Crippen LogP contribution in [0.5, 0.6) is 0 Å². The van der Waals surface area contributed by atoms with E-state index in [0.29, 0.717) is 16.8 Å². The number of primary amides is 1. The fraction of sp³-hybridized carbons (Fsp3) is 0.0909. The molecule has 0 aliphatic heterocycles. The van der Waals surface area contributed by atoms with Gasteiger partial charge in [-0.15, -0.1) is 0 Å². The Kier molecular flexibility index (Phi) is 6.01. The number of hydrogen-bond acceptors (Lipinski definition) is 3. The Labute approximate surface area is 162 Å². The molecule has 0 fully saturated rings. The van der Waals surface area contributed by atoms with Crippen LogP contribution in [0, 0.1) is 5.82 Å². The summed E-state index contributed by atoms with van der Waals surface area (Å²) in [7, 11) is 0. The average Bonchev–Trinajstić information content (AvgIpc) is 2.72. The number of hydrogen-bond donors (Lipinski definition) is 3. The molecule has 1 unspecified atom stereocenters. The maximum Gasteiger partial charge on any atom is 0.251 e. The molecule has 142 valence electrons. The predicted octanol–water partition coefficient (Wildman–Crippen LogP) is 3.39. The quantitative estimate of drug-likeness (QED) is 0.590. The summed E-state index contributed by atoms with van der Waals surface area (Å²) in [5.41, 5.74) is 7.75. The Morgan fingerprint density at radius 2 is 1.54 bits per heavy atom. The topological polar surface area (TPSA) is 84.2 Å². The lowest BCUT2D eigenvalue weighted by Crippen LogP contribution is -2.27. The zero-order valence-electron chi connectivity index (χ0n) is 15.1. The van der Waals surface area contributed by atoms with Crippen LogP contribution in [0.1, 0.15) is 27.5 Å². The summed E-state index contributed by atoms with van der Waals surface area (Å²) >= 11 is 0. The van der Waals surface area contributed by atoms with E-state index in [-0.39, 0.29) is 18.3 Å². The fourth-order valence-electron chi connectivity index (χ4n) is 2.77. The van der Waals surface area contributed by atoms with Gasteiger partial charge in [0.25, 0.3) is 5.91 Å². The van der Waals surface area contributed by atoms with Crippen LogP contribution < -0.4 is 16.4 Å². The van der Waals surface area contributed by atoms with E-state index >= 15 is 0 Å². The molecule has 3 rings (SSSR count). The molecule has 1 atom stereocenters. The van der Waals surface area contributed by atoms with Gasteiger partial charge in [-0.05, 0) is 35.9 Å². The molecular formula is C22H20FN3O2. The van der Waals surface area contributed by atoms with Crippen molar-refractivity contribution >= 4 is 17.5 Å². The molecule has 4 N–H and O–H groups in total. The van der Waals surface area contributed by atoms with Gasteiger partial charge in [-0.1, -0.05) is 48.5 Å². The van der Waals surface area contributed by atoms with Crippen LogP contribution in [0.4, 0.5) is 10.1 Å². The lowest BCUT2D eigenvalue weighted by Gasteiger charge is -2.17. The minimum atomic E-state index is -0.679. The second-order valence-electron chi connectivity index (χ2n) is 6.24. The Balaban J connectivity index is 1.64. The highest BCUT2D eigenvalue weighted by molar-refractivity contribution is 5.94. The summed E-state index contributed by atoms with van der Waals surface area (Å²) in [6.07, 6.45) is 0. The van der Waals surface area contributed by atoms with Crippen LogP contribution in [-0.2, 0) is 11.3 Å². The third kappa shape index (κ3) is 4.73. The summed E-state index contributed by atoms with van der Waals surface area (Å²) in [6.45, 7) is 0.100. The summed E-state index contributed by atoms with van der Waals surface area (Å²) in [5, 5.41) is 5.76. The normalized spacial score (nSPS) is 11.5. The number of rotatable bonds is 7. The minimum Gasteiger partial charge on any atom is -0.370 e. The molecule has 3 aromatic carbocycles. The van der Waals surface area contributed by atoms with Gasteiger partial charge in [0, 0.05) is 23.4 Å². The monoisotopic (exact) mass is 377 g/mol. The van der Waals surface area contributed by atoms with Crippen molar-refractivity contribution in [2.75, 3.05) is 5.32 Å². The Hall–Kier alpha value is -3.67. The molecule has 0 aliphatic rings. The number of carbonyl (C=O) groups is 2. The standard InChI is InChI=1S/C22H20FN3O2/c23-19-9-5-4-8-17(19)14-25-22(28)16-10-12-18(13-11-16)26-20(21(24)27)15-6-2-1-3-7-15/h1-13,20,26H,14H2,(H2,24,27)(H,25,28). The number of benzene rings is 3. The third-order valence-corrected chi connectivity index (χ3v) is 4.27. The number of halogens is 1. The van der Waals surface area contributed by atoms with E-state index in [1.54, 1.807) is 42.5 Å². The largest absolute Gasteiger partial charge is 0.370 e. The molecule has 0 saturated carbocycles. The highest BCUT2D eigenvalue weighted by Gasteiger charge is 2.17. The van der Waals surface area contributed by atoms with Crippen molar-refractivity contribution in [1.82, 2.24) is 5.32 Å². The van der Waals surface area contributed by atoms with Crippen molar-refractivity contribution in [1.29, 1.82) is 0 Å². The van der Waals surface area contributed by atoms with Crippen molar-refractivity contribution in [3.8, 4) is 0 Å². The predicted molar refractivity (Wildman–Crippen MR) is 106 cm³/mol. The molecule has 0 heterocycles. The van der Waals surface area contributed by atoms with Crippen molar-refractivity contribution in [2.24, 2.45) is 5.73 Å². The van der Waals surface area contributed by atoms with Gasteiger partial charge in [0.2, 0.25) is 5.91 Å². The summed E-state index contributed by atoms with van der Waals surface area (Å²) in [5.74, 6) is -1.18. The van der Waals surface area contributed by atoms with Crippen LogP contribution in [0.15, 0.2) is 78.9 Å². The highest BCUT2D eigenvalue weighted by atomic mass is 19.1. The van der Waals surface area contributed by atoms with Crippen molar-refractivity contribution in [2.45, 2.75) is 12.6 Å². The summed E-state index contributed by atoms with van der Waals surface area (Å²) in [4.78, 5) is 24.1. The van der Waals surface area contributed by atoms with Crippen LogP contribution >= 0.6 is 0 Å². The van der Waals surface area contributed by atoms with Gasteiger partial charge in [0.05, 0.1) is 0 Å². The SMILES string of the molecule is NC(=O)C(Nc1ccc(C(=O)NCc2ccccc2F)cc1)c1ccccc1. The van der Waals surface area contributed by atoms with Gasteiger partial charge in [0.15, 0.2) is 0 Å².